The third kappa shape index (κ3) is 4.56. The van der Waals surface area contributed by atoms with Crippen LogP contribution in [0.1, 0.15) is 75.6 Å². The van der Waals surface area contributed by atoms with E-state index in [1.54, 1.807) is 12.1 Å². The second-order valence-electron chi connectivity index (χ2n) is 7.52. The number of hydrogen-bond donors (Lipinski definition) is 2. The molecule has 0 radical (unpaired) electrons. The van der Waals surface area contributed by atoms with Gasteiger partial charge in [-0.15, -0.1) is 0 Å². The summed E-state index contributed by atoms with van der Waals surface area (Å²) in [7, 11) is 0. The molecule has 0 aliphatic rings. The monoisotopic (exact) mass is 340 g/mol. The Bertz CT molecular complexity index is 642. The molecule has 2 nitrogen and oxygen atoms in total. The standard InChI is InChI=1S/C23H32O2/c1-5-7-9-17-15-19(24)11-13-21(17)23(3,4)22-14-12-20(25)16-18(22)10-8-6-2/h11-16,24-25H,5-10H2,1-4H3. The van der Waals surface area contributed by atoms with E-state index in [0.29, 0.717) is 11.5 Å². The van der Waals surface area contributed by atoms with E-state index in [4.69, 9.17) is 0 Å². The van der Waals surface area contributed by atoms with Gasteiger partial charge in [0, 0.05) is 5.41 Å². The lowest BCUT2D eigenvalue weighted by Crippen LogP contribution is -2.23. The largest absolute Gasteiger partial charge is 0.508 e. The molecule has 25 heavy (non-hydrogen) atoms. The number of rotatable bonds is 8. The molecule has 0 spiro atoms. The first-order chi connectivity index (χ1) is 11.9. The number of unbranched alkanes of at least 4 members (excludes halogenated alkanes) is 2. The first-order valence-electron chi connectivity index (χ1n) is 9.54. The van der Waals surface area contributed by atoms with Gasteiger partial charge in [-0.25, -0.2) is 0 Å². The zero-order chi connectivity index (χ0) is 18.4. The van der Waals surface area contributed by atoms with Crippen molar-refractivity contribution in [2.45, 2.75) is 71.6 Å². The SMILES string of the molecule is CCCCc1cc(O)ccc1C(C)(C)c1ccc(O)cc1CCCC. The lowest BCUT2D eigenvalue weighted by molar-refractivity contribution is 0.472. The van der Waals surface area contributed by atoms with E-state index in [0.717, 1.165) is 38.5 Å². The van der Waals surface area contributed by atoms with Crippen LogP contribution in [0.3, 0.4) is 0 Å². The fourth-order valence-corrected chi connectivity index (χ4v) is 3.67. The van der Waals surface area contributed by atoms with E-state index >= 15 is 0 Å². The van der Waals surface area contributed by atoms with Gasteiger partial charge in [0.25, 0.3) is 0 Å². The number of phenols is 2. The molecule has 0 saturated carbocycles. The van der Waals surface area contributed by atoms with E-state index in [1.165, 1.54) is 22.3 Å². The molecule has 0 aromatic heterocycles. The summed E-state index contributed by atoms with van der Waals surface area (Å²) in [5.74, 6) is 0.671. The van der Waals surface area contributed by atoms with Gasteiger partial charge in [-0.3, -0.25) is 0 Å². The van der Waals surface area contributed by atoms with Gasteiger partial charge in [-0.2, -0.15) is 0 Å². The molecule has 0 aliphatic carbocycles. The highest BCUT2D eigenvalue weighted by molar-refractivity contribution is 5.49. The second kappa shape index (κ2) is 8.42. The van der Waals surface area contributed by atoms with Crippen LogP contribution in [0.4, 0.5) is 0 Å². The number of benzene rings is 2. The maximum Gasteiger partial charge on any atom is 0.115 e. The normalized spacial score (nSPS) is 11.7. The summed E-state index contributed by atoms with van der Waals surface area (Å²) in [5.41, 5.74) is 4.81. The van der Waals surface area contributed by atoms with Crippen LogP contribution in [-0.2, 0) is 18.3 Å². The van der Waals surface area contributed by atoms with Crippen molar-refractivity contribution in [2.24, 2.45) is 0 Å². The Labute approximate surface area is 152 Å². The number of aryl methyl sites for hydroxylation is 2. The van der Waals surface area contributed by atoms with E-state index in [9.17, 15) is 10.2 Å². The average Bonchev–Trinajstić information content (AvgIpc) is 2.57. The van der Waals surface area contributed by atoms with Crippen molar-refractivity contribution < 1.29 is 10.2 Å². The van der Waals surface area contributed by atoms with E-state index < -0.39 is 0 Å². The Kier molecular flexibility index (Phi) is 6.52. The lowest BCUT2D eigenvalue weighted by Gasteiger charge is -2.31. The summed E-state index contributed by atoms with van der Waals surface area (Å²) < 4.78 is 0. The second-order valence-corrected chi connectivity index (χ2v) is 7.52. The molecule has 0 unspecified atom stereocenters. The molecule has 0 saturated heterocycles. The minimum atomic E-state index is -0.173. The first-order valence-corrected chi connectivity index (χ1v) is 9.54. The van der Waals surface area contributed by atoms with Crippen molar-refractivity contribution in [3.8, 4) is 11.5 Å². The third-order valence-corrected chi connectivity index (χ3v) is 5.12. The van der Waals surface area contributed by atoms with Gasteiger partial charge < -0.3 is 10.2 Å². The lowest BCUT2D eigenvalue weighted by atomic mass is 9.73. The highest BCUT2D eigenvalue weighted by atomic mass is 16.3. The maximum atomic E-state index is 9.95. The Morgan fingerprint density at radius 2 is 1.12 bits per heavy atom. The zero-order valence-corrected chi connectivity index (χ0v) is 16.1. The predicted molar refractivity (Wildman–Crippen MR) is 106 cm³/mol. The molecule has 0 atom stereocenters. The highest BCUT2D eigenvalue weighted by Crippen LogP contribution is 2.38. The summed E-state index contributed by atoms with van der Waals surface area (Å²) >= 11 is 0. The summed E-state index contributed by atoms with van der Waals surface area (Å²) in [6.07, 6.45) is 6.46. The topological polar surface area (TPSA) is 40.5 Å². The van der Waals surface area contributed by atoms with Crippen molar-refractivity contribution in [2.75, 3.05) is 0 Å². The van der Waals surface area contributed by atoms with Gasteiger partial charge in [-0.1, -0.05) is 52.7 Å². The van der Waals surface area contributed by atoms with Gasteiger partial charge in [0.1, 0.15) is 11.5 Å². The maximum absolute atomic E-state index is 9.95. The van der Waals surface area contributed by atoms with E-state index in [-0.39, 0.29) is 5.41 Å². The van der Waals surface area contributed by atoms with Gasteiger partial charge in [-0.05, 0) is 72.2 Å². The van der Waals surface area contributed by atoms with Crippen LogP contribution in [0.2, 0.25) is 0 Å². The zero-order valence-electron chi connectivity index (χ0n) is 16.1. The van der Waals surface area contributed by atoms with E-state index in [2.05, 4.69) is 39.8 Å². The number of aromatic hydroxyl groups is 2. The van der Waals surface area contributed by atoms with Crippen molar-refractivity contribution >= 4 is 0 Å². The fraction of sp³-hybridized carbons (Fsp3) is 0.478. The molecule has 0 bridgehead atoms. The smallest absolute Gasteiger partial charge is 0.115 e. The fourth-order valence-electron chi connectivity index (χ4n) is 3.67. The van der Waals surface area contributed by atoms with Gasteiger partial charge in [0.2, 0.25) is 0 Å². The molecule has 136 valence electrons. The Balaban J connectivity index is 2.51. The van der Waals surface area contributed by atoms with Gasteiger partial charge in [0.05, 0.1) is 0 Å². The number of phenolic OH excluding ortho intramolecular Hbond substituents is 2. The van der Waals surface area contributed by atoms with Crippen LogP contribution in [0.25, 0.3) is 0 Å². The van der Waals surface area contributed by atoms with Gasteiger partial charge >= 0.3 is 0 Å². The van der Waals surface area contributed by atoms with Gasteiger partial charge in [0.15, 0.2) is 0 Å². The molecule has 0 fully saturated rings. The van der Waals surface area contributed by atoms with Crippen LogP contribution in [-0.4, -0.2) is 10.2 Å². The Hall–Kier alpha value is -1.96. The van der Waals surface area contributed by atoms with Crippen molar-refractivity contribution in [3.05, 3.63) is 58.7 Å². The predicted octanol–water partition coefficient (Wildman–Crippen LogP) is 6.11. The Morgan fingerprint density at radius 3 is 1.48 bits per heavy atom. The number of hydrogen-bond acceptors (Lipinski definition) is 2. The molecular weight excluding hydrogens is 308 g/mol. The van der Waals surface area contributed by atoms with Crippen molar-refractivity contribution in [1.29, 1.82) is 0 Å². The molecule has 2 heteroatoms. The quantitative estimate of drug-likeness (QED) is 0.608. The third-order valence-electron chi connectivity index (χ3n) is 5.12. The summed E-state index contributed by atoms with van der Waals surface area (Å²) in [4.78, 5) is 0. The van der Waals surface area contributed by atoms with Crippen LogP contribution in [0.5, 0.6) is 11.5 Å². The first kappa shape index (κ1) is 19.4. The van der Waals surface area contributed by atoms with Crippen molar-refractivity contribution in [3.63, 3.8) is 0 Å². The molecular formula is C23H32O2. The minimum absolute atomic E-state index is 0.173. The minimum Gasteiger partial charge on any atom is -0.508 e. The van der Waals surface area contributed by atoms with Crippen LogP contribution >= 0.6 is 0 Å². The molecule has 2 N–H and O–H groups in total. The molecule has 2 aromatic rings. The molecule has 2 rings (SSSR count). The Morgan fingerprint density at radius 1 is 0.720 bits per heavy atom. The molecule has 0 aliphatic heterocycles. The average molecular weight is 341 g/mol. The van der Waals surface area contributed by atoms with Crippen LogP contribution < -0.4 is 0 Å². The summed E-state index contributed by atoms with van der Waals surface area (Å²) in [5, 5.41) is 19.9. The summed E-state index contributed by atoms with van der Waals surface area (Å²) in [6.45, 7) is 8.88. The van der Waals surface area contributed by atoms with Crippen LogP contribution in [0.15, 0.2) is 36.4 Å². The molecule has 0 heterocycles. The molecule has 2 aromatic carbocycles. The highest BCUT2D eigenvalue weighted by Gasteiger charge is 2.28. The van der Waals surface area contributed by atoms with Crippen LogP contribution in [0, 0.1) is 0 Å². The van der Waals surface area contributed by atoms with E-state index in [1.807, 2.05) is 12.1 Å². The summed E-state index contributed by atoms with van der Waals surface area (Å²) in [6, 6.07) is 11.5. The molecule has 0 amide bonds. The van der Waals surface area contributed by atoms with Crippen molar-refractivity contribution in [1.82, 2.24) is 0 Å².